The lowest BCUT2D eigenvalue weighted by Crippen LogP contribution is -1.97. The summed E-state index contributed by atoms with van der Waals surface area (Å²) in [6.07, 6.45) is 4.67. The normalized spacial score (nSPS) is 16.6. The summed E-state index contributed by atoms with van der Waals surface area (Å²) in [4.78, 5) is 0. The van der Waals surface area contributed by atoms with Crippen LogP contribution in [-0.2, 0) is 0 Å². The second-order valence-corrected chi connectivity index (χ2v) is 6.12. The van der Waals surface area contributed by atoms with E-state index in [-0.39, 0.29) is 0 Å². The molecule has 1 aliphatic rings. The van der Waals surface area contributed by atoms with E-state index < -0.39 is 0 Å². The van der Waals surface area contributed by atoms with Crippen LogP contribution < -0.4 is 0 Å². The molecule has 0 aliphatic heterocycles. The van der Waals surface area contributed by atoms with Gasteiger partial charge in [-0.15, -0.1) is 0 Å². The van der Waals surface area contributed by atoms with Crippen LogP contribution in [0.15, 0.2) is 97.1 Å². The zero-order chi connectivity index (χ0) is 16.4. The lowest BCUT2D eigenvalue weighted by atomic mass is 9.88. The van der Waals surface area contributed by atoms with E-state index in [0.29, 0.717) is 5.92 Å². The van der Waals surface area contributed by atoms with E-state index in [9.17, 15) is 0 Å². The highest BCUT2D eigenvalue weighted by Crippen LogP contribution is 2.45. The van der Waals surface area contributed by atoms with E-state index >= 15 is 0 Å². The molecule has 4 rings (SSSR count). The molecule has 0 aromatic heterocycles. The van der Waals surface area contributed by atoms with Crippen LogP contribution in [-0.4, -0.2) is 0 Å². The van der Waals surface area contributed by atoms with Crippen molar-refractivity contribution in [3.8, 4) is 0 Å². The van der Waals surface area contributed by atoms with Gasteiger partial charge in [-0.1, -0.05) is 97.1 Å². The first kappa shape index (κ1) is 14.7. The fourth-order valence-electron chi connectivity index (χ4n) is 3.64. The third-order valence-corrected chi connectivity index (χ3v) is 4.76. The SMILES string of the molecule is CC=C(c1ccccc1)C1C=C(c2ccccc2)c2ccccc21. The number of allylic oxidation sites excluding steroid dienone is 3. The Kier molecular flexibility index (Phi) is 3.88. The van der Waals surface area contributed by atoms with Crippen LogP contribution in [0, 0.1) is 0 Å². The smallest absolute Gasteiger partial charge is 0.0287 e. The molecule has 1 atom stereocenters. The van der Waals surface area contributed by atoms with E-state index in [0.717, 1.165) is 0 Å². The molecule has 0 amide bonds. The average Bonchev–Trinajstić information content (AvgIpc) is 3.04. The Labute approximate surface area is 143 Å². The van der Waals surface area contributed by atoms with Crippen molar-refractivity contribution in [1.82, 2.24) is 0 Å². The van der Waals surface area contributed by atoms with Crippen molar-refractivity contribution >= 4 is 11.1 Å². The molecule has 0 saturated carbocycles. The Bertz CT molecular complexity index is 899. The zero-order valence-electron chi connectivity index (χ0n) is 13.8. The van der Waals surface area contributed by atoms with Crippen LogP contribution in [0.4, 0.5) is 0 Å². The number of benzene rings is 3. The Morgan fingerprint density at radius 2 is 1.38 bits per heavy atom. The first-order valence-electron chi connectivity index (χ1n) is 8.46. The van der Waals surface area contributed by atoms with Crippen molar-refractivity contribution < 1.29 is 0 Å². The predicted molar refractivity (Wildman–Crippen MR) is 103 cm³/mol. The van der Waals surface area contributed by atoms with Gasteiger partial charge in [-0.05, 0) is 40.3 Å². The fourth-order valence-corrected chi connectivity index (χ4v) is 3.64. The van der Waals surface area contributed by atoms with Crippen molar-refractivity contribution in [2.75, 3.05) is 0 Å². The molecule has 1 aliphatic carbocycles. The maximum absolute atomic E-state index is 2.42. The summed E-state index contributed by atoms with van der Waals surface area (Å²) < 4.78 is 0. The molecule has 116 valence electrons. The second-order valence-electron chi connectivity index (χ2n) is 6.12. The summed E-state index contributed by atoms with van der Waals surface area (Å²) in [6.45, 7) is 2.14. The molecule has 0 saturated heterocycles. The van der Waals surface area contributed by atoms with Gasteiger partial charge in [0.1, 0.15) is 0 Å². The van der Waals surface area contributed by atoms with Crippen LogP contribution in [0.1, 0.15) is 35.1 Å². The summed E-state index contributed by atoms with van der Waals surface area (Å²) in [5.41, 5.74) is 8.04. The lowest BCUT2D eigenvalue weighted by Gasteiger charge is -2.15. The Balaban J connectivity index is 1.86. The summed E-state index contributed by atoms with van der Waals surface area (Å²) >= 11 is 0. The fraction of sp³-hybridized carbons (Fsp3) is 0.0833. The first-order valence-corrected chi connectivity index (χ1v) is 8.46. The summed E-state index contributed by atoms with van der Waals surface area (Å²) in [6, 6.07) is 30.2. The van der Waals surface area contributed by atoms with Gasteiger partial charge in [-0.2, -0.15) is 0 Å². The number of fused-ring (bicyclic) bond motifs is 1. The van der Waals surface area contributed by atoms with Crippen LogP contribution in [0.25, 0.3) is 11.1 Å². The van der Waals surface area contributed by atoms with Crippen LogP contribution in [0.5, 0.6) is 0 Å². The Morgan fingerprint density at radius 1 is 0.750 bits per heavy atom. The maximum atomic E-state index is 2.42. The largest absolute Gasteiger partial charge is 0.0829 e. The maximum Gasteiger partial charge on any atom is 0.0287 e. The number of hydrogen-bond donors (Lipinski definition) is 0. The molecule has 0 bridgehead atoms. The Morgan fingerprint density at radius 3 is 2.08 bits per heavy atom. The van der Waals surface area contributed by atoms with Gasteiger partial charge < -0.3 is 0 Å². The molecule has 24 heavy (non-hydrogen) atoms. The third kappa shape index (κ3) is 2.51. The number of hydrogen-bond acceptors (Lipinski definition) is 0. The lowest BCUT2D eigenvalue weighted by molar-refractivity contribution is 1.13. The molecule has 0 heteroatoms. The highest BCUT2D eigenvalue weighted by atomic mass is 14.3. The second kappa shape index (κ2) is 6.33. The van der Waals surface area contributed by atoms with Crippen LogP contribution >= 0.6 is 0 Å². The molecule has 0 heterocycles. The van der Waals surface area contributed by atoms with Crippen molar-refractivity contribution in [2.24, 2.45) is 0 Å². The zero-order valence-corrected chi connectivity index (χ0v) is 13.8. The third-order valence-electron chi connectivity index (χ3n) is 4.76. The van der Waals surface area contributed by atoms with Crippen LogP contribution in [0.3, 0.4) is 0 Å². The van der Waals surface area contributed by atoms with Crippen molar-refractivity contribution in [3.05, 3.63) is 119 Å². The summed E-state index contributed by atoms with van der Waals surface area (Å²) in [5.74, 6) is 0.309. The Hall–Kier alpha value is -2.86. The predicted octanol–water partition coefficient (Wildman–Crippen LogP) is 6.32. The molecule has 0 fully saturated rings. The molecule has 1 unspecified atom stereocenters. The topological polar surface area (TPSA) is 0 Å². The monoisotopic (exact) mass is 308 g/mol. The molecule has 0 nitrogen and oxygen atoms in total. The van der Waals surface area contributed by atoms with Gasteiger partial charge in [0.2, 0.25) is 0 Å². The molecule has 0 N–H and O–H groups in total. The summed E-state index contributed by atoms with van der Waals surface area (Å²) in [7, 11) is 0. The molecule has 0 spiro atoms. The van der Waals surface area contributed by atoms with Gasteiger partial charge in [0.15, 0.2) is 0 Å². The average molecular weight is 308 g/mol. The van der Waals surface area contributed by atoms with Gasteiger partial charge in [0.25, 0.3) is 0 Å². The van der Waals surface area contributed by atoms with Crippen molar-refractivity contribution in [3.63, 3.8) is 0 Å². The minimum Gasteiger partial charge on any atom is -0.0829 e. The van der Waals surface area contributed by atoms with E-state index in [1.54, 1.807) is 0 Å². The first-order chi connectivity index (χ1) is 11.9. The quantitative estimate of drug-likeness (QED) is 0.531. The minimum absolute atomic E-state index is 0.309. The minimum atomic E-state index is 0.309. The highest BCUT2D eigenvalue weighted by molar-refractivity contribution is 5.91. The van der Waals surface area contributed by atoms with Gasteiger partial charge >= 0.3 is 0 Å². The summed E-state index contributed by atoms with van der Waals surface area (Å²) in [5, 5.41) is 0. The number of rotatable bonds is 3. The van der Waals surface area contributed by atoms with Crippen molar-refractivity contribution in [2.45, 2.75) is 12.8 Å². The van der Waals surface area contributed by atoms with Gasteiger partial charge in [0.05, 0.1) is 0 Å². The molecule has 3 aromatic carbocycles. The standard InChI is InChI=1S/C24H20/c1-2-20(18-11-5-3-6-12-18)24-17-23(19-13-7-4-8-14-19)21-15-9-10-16-22(21)24/h2-17,24H,1H3. The molecule has 0 radical (unpaired) electrons. The molecular formula is C24H20. The van der Waals surface area contributed by atoms with Crippen LogP contribution in [0.2, 0.25) is 0 Å². The van der Waals surface area contributed by atoms with E-state index in [1.165, 1.54) is 33.4 Å². The van der Waals surface area contributed by atoms with E-state index in [1.807, 2.05) is 0 Å². The molecular weight excluding hydrogens is 288 g/mol. The van der Waals surface area contributed by atoms with Gasteiger partial charge in [0, 0.05) is 5.92 Å². The highest BCUT2D eigenvalue weighted by Gasteiger charge is 2.26. The van der Waals surface area contributed by atoms with E-state index in [4.69, 9.17) is 0 Å². The van der Waals surface area contributed by atoms with E-state index in [2.05, 4.69) is 104 Å². The van der Waals surface area contributed by atoms with Gasteiger partial charge in [-0.25, -0.2) is 0 Å². The van der Waals surface area contributed by atoms with Gasteiger partial charge in [-0.3, -0.25) is 0 Å². The van der Waals surface area contributed by atoms with Crippen molar-refractivity contribution in [1.29, 1.82) is 0 Å². The molecule has 3 aromatic rings.